The molecule has 0 saturated heterocycles. The van der Waals surface area contributed by atoms with E-state index in [0.717, 1.165) is 12.4 Å². The highest BCUT2D eigenvalue weighted by Gasteiger charge is 2.95. The lowest BCUT2D eigenvalue weighted by molar-refractivity contribution is -0.446. The van der Waals surface area contributed by atoms with Crippen LogP contribution in [-0.2, 0) is 9.53 Å². The van der Waals surface area contributed by atoms with Gasteiger partial charge in [-0.05, 0) is 18.0 Å². The molecule has 0 aromatic carbocycles. The third kappa shape index (κ3) is 4.62. The average Bonchev–Trinajstić information content (AvgIpc) is 2.62. The summed E-state index contributed by atoms with van der Waals surface area (Å²) in [7, 11) is 1.01. The molecule has 0 spiro atoms. The molecule has 0 radical (unpaired) electrons. The molecule has 20 heteroatoms. The van der Waals surface area contributed by atoms with E-state index in [-0.39, 0.29) is 6.61 Å². The molecule has 1 N–H and O–H groups in total. The van der Waals surface area contributed by atoms with Gasteiger partial charge in [0.1, 0.15) is 0 Å². The lowest BCUT2D eigenvalue weighted by Gasteiger charge is -2.42. The first kappa shape index (κ1) is 31.6. The van der Waals surface area contributed by atoms with Crippen LogP contribution in [-0.4, -0.2) is 73.0 Å². The van der Waals surface area contributed by atoms with Gasteiger partial charge in [-0.2, -0.15) is 70.2 Å². The maximum atomic E-state index is 13.5. The Bertz CT molecular complexity index is 705. The van der Waals surface area contributed by atoms with E-state index in [1.807, 2.05) is 0 Å². The number of amides is 1. The van der Waals surface area contributed by atoms with Gasteiger partial charge in [-0.15, -0.1) is 0 Å². The van der Waals surface area contributed by atoms with Gasteiger partial charge in [-0.1, -0.05) is 0 Å². The van der Waals surface area contributed by atoms with E-state index in [0.29, 0.717) is 0 Å². The predicted molar refractivity (Wildman–Crippen MR) is 74.9 cm³/mol. The van der Waals surface area contributed by atoms with Crippen LogP contribution in [0.5, 0.6) is 0 Å². The van der Waals surface area contributed by atoms with Crippen molar-refractivity contribution >= 4 is 17.5 Å². The highest BCUT2D eigenvalue weighted by Crippen LogP contribution is 2.64. The van der Waals surface area contributed by atoms with Crippen LogP contribution in [0.15, 0.2) is 0 Å². The number of rotatable bonds is 12. The first-order valence-electron chi connectivity index (χ1n) is 7.72. The van der Waals surface area contributed by atoms with Gasteiger partial charge in [-0.3, -0.25) is 4.79 Å². The molecule has 0 aliphatic heterocycles. The zero-order chi connectivity index (χ0) is 27.1. The van der Waals surface area contributed by atoms with Gasteiger partial charge in [-0.25, -0.2) is 0 Å². The van der Waals surface area contributed by atoms with Crippen LogP contribution in [0, 0.1) is 0 Å². The van der Waals surface area contributed by atoms with Gasteiger partial charge < -0.3 is 10.1 Å². The van der Waals surface area contributed by atoms with Crippen LogP contribution >= 0.6 is 11.6 Å². The summed E-state index contributed by atoms with van der Waals surface area (Å²) in [4.78, 5) is 11.1. The van der Waals surface area contributed by atoms with Gasteiger partial charge in [0.25, 0.3) is 5.91 Å². The van der Waals surface area contributed by atoms with Crippen molar-refractivity contribution in [3.8, 4) is 0 Å². The highest BCUT2D eigenvalue weighted by molar-refractivity contribution is 6.22. The number of hydrogen-bond donors (Lipinski definition) is 1. The highest BCUT2D eigenvalue weighted by atomic mass is 35.5. The Morgan fingerprint density at radius 3 is 1.33 bits per heavy atom. The summed E-state index contributed by atoms with van der Waals surface area (Å²) in [5.74, 6) is -60.2. The molecule has 198 valence electrons. The normalized spacial score (nSPS) is 15.6. The summed E-state index contributed by atoms with van der Waals surface area (Å²) in [5.41, 5.74) is 0. The van der Waals surface area contributed by atoms with Crippen LogP contribution in [0.1, 0.15) is 6.42 Å². The van der Waals surface area contributed by atoms with Gasteiger partial charge in [0.05, 0.1) is 0 Å². The second-order valence-electron chi connectivity index (χ2n) is 6.12. The molecule has 0 aromatic rings. The number of carbonyl (C=O) groups is 1. The Balaban J connectivity index is 6.45. The summed E-state index contributed by atoms with van der Waals surface area (Å²) < 4.78 is 216. The van der Waals surface area contributed by atoms with Crippen LogP contribution in [0.4, 0.5) is 70.2 Å². The minimum absolute atomic E-state index is 0.364. The summed E-state index contributed by atoms with van der Waals surface area (Å²) >= 11 is 3.40. The maximum absolute atomic E-state index is 13.5. The first-order chi connectivity index (χ1) is 14.2. The Labute approximate surface area is 177 Å². The summed E-state index contributed by atoms with van der Waals surface area (Å²) in [5, 5.41) is -6.05. The molecule has 0 aliphatic rings. The Morgan fingerprint density at radius 2 is 1.00 bits per heavy atom. The zero-order valence-corrected chi connectivity index (χ0v) is 16.1. The first-order valence-corrected chi connectivity index (χ1v) is 8.10. The molecule has 0 aromatic heterocycles. The van der Waals surface area contributed by atoms with Gasteiger partial charge >= 0.3 is 46.8 Å². The molecule has 33 heavy (non-hydrogen) atoms. The zero-order valence-electron chi connectivity index (χ0n) is 15.4. The molecule has 0 saturated carbocycles. The summed E-state index contributed by atoms with van der Waals surface area (Å²) in [6.45, 7) is -1.43. The number of ether oxygens (including phenoxy) is 1. The third-order valence-corrected chi connectivity index (χ3v) is 4.06. The molecule has 0 aliphatic carbocycles. The predicted octanol–water partition coefficient (Wildman–Crippen LogP) is 5.42. The largest absolute Gasteiger partial charge is 0.393 e. The van der Waals surface area contributed by atoms with Crippen molar-refractivity contribution in [2.75, 3.05) is 20.3 Å². The summed E-state index contributed by atoms with van der Waals surface area (Å²) in [6, 6.07) is 0. The fourth-order valence-electron chi connectivity index (χ4n) is 1.84. The average molecular weight is 552 g/mol. The second kappa shape index (κ2) is 8.99. The minimum atomic E-state index is -8.60. The van der Waals surface area contributed by atoms with Crippen molar-refractivity contribution in [3.05, 3.63) is 0 Å². The molecule has 0 heterocycles. The maximum Gasteiger partial charge on any atom is 0.393 e. The van der Waals surface area contributed by atoms with Crippen molar-refractivity contribution in [2.24, 2.45) is 0 Å². The molecule has 0 fully saturated rings. The second-order valence-corrected chi connectivity index (χ2v) is 6.60. The van der Waals surface area contributed by atoms with E-state index >= 15 is 0 Å². The number of alkyl halides is 17. The van der Waals surface area contributed by atoms with Crippen LogP contribution in [0.2, 0.25) is 0 Å². The van der Waals surface area contributed by atoms with Gasteiger partial charge in [0.2, 0.25) is 0 Å². The fourth-order valence-corrected chi connectivity index (χ4v) is 1.95. The topological polar surface area (TPSA) is 38.3 Å². The Kier molecular flexibility index (Phi) is 8.61. The Morgan fingerprint density at radius 1 is 0.667 bits per heavy atom. The molecule has 3 nitrogen and oxygen atoms in total. The number of halogens is 17. The van der Waals surface area contributed by atoms with E-state index in [4.69, 9.17) is 0 Å². The third-order valence-electron chi connectivity index (χ3n) is 3.82. The van der Waals surface area contributed by atoms with E-state index in [2.05, 4.69) is 16.3 Å². The monoisotopic (exact) mass is 551 g/mol. The summed E-state index contributed by atoms with van der Waals surface area (Å²) in [6.07, 6.45) is -0.470. The molecule has 1 amide bonds. The molecular weight excluding hydrogens is 542 g/mol. The van der Waals surface area contributed by atoms with Gasteiger partial charge in [0.15, 0.2) is 0 Å². The number of methoxy groups -OCH3 is 1. The molecule has 0 bridgehead atoms. The molecular formula is C13H10ClF16NO2. The van der Waals surface area contributed by atoms with Crippen molar-refractivity contribution < 1.29 is 79.8 Å². The lowest BCUT2D eigenvalue weighted by Crippen LogP contribution is -2.75. The van der Waals surface area contributed by atoms with E-state index in [9.17, 15) is 75.0 Å². The van der Waals surface area contributed by atoms with Gasteiger partial charge in [0, 0.05) is 20.3 Å². The molecule has 0 unspecified atom stereocenters. The number of hydrogen-bond acceptors (Lipinski definition) is 2. The SMILES string of the molecule is COCCCNC(=O)C(F)(F)C(F)(F)C(F)(F)C(F)(F)C(F)(F)C(F)(F)C(F)(F)C(F)(F)Cl. The van der Waals surface area contributed by atoms with Crippen LogP contribution < -0.4 is 5.32 Å². The number of nitrogens with one attached hydrogen (secondary N) is 1. The standard InChI is InChI=1S/C13H10ClF16NO2/c1-33-4-2-3-31-5(32)6(15,16)7(17,18)8(19,20)9(21,22)10(23,24)11(25,26)12(27,28)13(14,29)30/h2-4H2,1H3,(H,31,32). The minimum Gasteiger partial charge on any atom is -0.385 e. The lowest BCUT2D eigenvalue weighted by atomic mass is 9.89. The quantitative estimate of drug-likeness (QED) is 0.200. The van der Waals surface area contributed by atoms with E-state index in [1.54, 1.807) is 0 Å². The molecule has 0 atom stereocenters. The van der Waals surface area contributed by atoms with Crippen molar-refractivity contribution in [3.63, 3.8) is 0 Å². The van der Waals surface area contributed by atoms with Crippen molar-refractivity contribution in [1.29, 1.82) is 0 Å². The van der Waals surface area contributed by atoms with Crippen LogP contribution in [0.3, 0.4) is 0 Å². The molecule has 0 rings (SSSR count). The van der Waals surface area contributed by atoms with E-state index < -0.39 is 65.7 Å². The number of carbonyl (C=O) groups excluding carboxylic acids is 1. The van der Waals surface area contributed by atoms with E-state index in [1.165, 1.54) is 0 Å². The Hall–Kier alpha value is -1.40. The van der Waals surface area contributed by atoms with Crippen LogP contribution in [0.25, 0.3) is 0 Å². The fraction of sp³-hybridized carbons (Fsp3) is 0.923. The van der Waals surface area contributed by atoms with Crippen molar-refractivity contribution in [2.45, 2.75) is 53.3 Å². The smallest absolute Gasteiger partial charge is 0.385 e. The van der Waals surface area contributed by atoms with Crippen molar-refractivity contribution in [1.82, 2.24) is 5.32 Å².